The van der Waals surface area contributed by atoms with Crippen molar-refractivity contribution in [3.63, 3.8) is 0 Å². The molecule has 29 heavy (non-hydrogen) atoms. The van der Waals surface area contributed by atoms with E-state index in [1.54, 1.807) is 12.1 Å². The molecule has 0 bridgehead atoms. The van der Waals surface area contributed by atoms with Crippen molar-refractivity contribution in [3.8, 4) is 5.75 Å². The smallest absolute Gasteiger partial charge is 0.233 e. The molecular weight excluding hydrogens is 380 g/mol. The van der Waals surface area contributed by atoms with E-state index >= 15 is 0 Å². The molecule has 0 radical (unpaired) electrons. The van der Waals surface area contributed by atoms with Gasteiger partial charge < -0.3 is 4.89 Å². The Labute approximate surface area is 172 Å². The van der Waals surface area contributed by atoms with Crippen LogP contribution in [0.3, 0.4) is 0 Å². The van der Waals surface area contributed by atoms with Crippen molar-refractivity contribution in [2.75, 3.05) is 0 Å². The molecule has 2 aliphatic rings. The lowest BCUT2D eigenvalue weighted by molar-refractivity contribution is -0.577. The van der Waals surface area contributed by atoms with E-state index in [4.69, 9.17) is 25.5 Å². The predicted molar refractivity (Wildman–Crippen MR) is 105 cm³/mol. The minimum Gasteiger partial charge on any atom is -0.340 e. The average molecular weight is 414 g/mol. The van der Waals surface area contributed by atoms with E-state index in [2.05, 4.69) is 28.5 Å². The summed E-state index contributed by atoms with van der Waals surface area (Å²) >= 11 is 0. The van der Waals surface area contributed by atoms with Crippen LogP contribution in [0.5, 0.6) is 5.75 Å². The predicted octanol–water partition coefficient (Wildman–Crippen LogP) is 5.90. The van der Waals surface area contributed by atoms with Crippen molar-refractivity contribution >= 4 is 0 Å². The quantitative estimate of drug-likeness (QED) is 0.288. The number of hydrogen-bond donors (Lipinski definition) is 3. The van der Waals surface area contributed by atoms with Crippen LogP contribution in [0.1, 0.15) is 89.5 Å². The topological polar surface area (TPSA) is 107 Å². The van der Waals surface area contributed by atoms with Gasteiger partial charge in [-0.25, -0.2) is 25.5 Å². The van der Waals surface area contributed by atoms with E-state index in [0.717, 1.165) is 38.5 Å². The minimum atomic E-state index is -1.11. The molecule has 0 heterocycles. The normalized spacial score (nSPS) is 20.6. The van der Waals surface area contributed by atoms with Gasteiger partial charge in [0.15, 0.2) is 5.75 Å². The zero-order chi connectivity index (χ0) is 21.2. The highest BCUT2D eigenvalue weighted by molar-refractivity contribution is 5.28. The van der Waals surface area contributed by atoms with Gasteiger partial charge in [-0.1, -0.05) is 38.8 Å². The molecule has 3 rings (SSSR count). The van der Waals surface area contributed by atoms with E-state index in [1.807, 2.05) is 12.1 Å². The standard InChI is InChI=1S/C12H22O6.C9H12O2/c13-15-11(7-3-1-4-8-11)17-18-12(16-14)9-5-2-6-10-12;1-7(2)8-3-5-9(11-10)6-4-8/h13-14H,1-10H2;3-7,10H,1-2H3. The average Bonchev–Trinajstić information content (AvgIpc) is 2.79. The van der Waals surface area contributed by atoms with Crippen LogP contribution in [0, 0.1) is 0 Å². The Morgan fingerprint density at radius 2 is 1.10 bits per heavy atom. The summed E-state index contributed by atoms with van der Waals surface area (Å²) in [5, 5.41) is 26.3. The van der Waals surface area contributed by atoms with Crippen molar-refractivity contribution in [3.05, 3.63) is 29.8 Å². The van der Waals surface area contributed by atoms with Crippen LogP contribution < -0.4 is 4.89 Å². The van der Waals surface area contributed by atoms with Crippen LogP contribution in [0.4, 0.5) is 0 Å². The largest absolute Gasteiger partial charge is 0.340 e. The Kier molecular flexibility index (Phi) is 9.78. The maximum atomic E-state index is 9.02. The van der Waals surface area contributed by atoms with Gasteiger partial charge in [-0.15, -0.1) is 0 Å². The summed E-state index contributed by atoms with van der Waals surface area (Å²) in [6.45, 7) is 4.24. The summed E-state index contributed by atoms with van der Waals surface area (Å²) < 4.78 is 0. The summed E-state index contributed by atoms with van der Waals surface area (Å²) in [5.74, 6) is -1.22. The highest BCUT2D eigenvalue weighted by atomic mass is 17.3. The highest BCUT2D eigenvalue weighted by Crippen LogP contribution is 2.37. The first-order valence-corrected chi connectivity index (χ1v) is 10.4. The molecule has 2 fully saturated rings. The molecule has 3 N–H and O–H groups in total. The fourth-order valence-corrected chi connectivity index (χ4v) is 3.63. The van der Waals surface area contributed by atoms with Gasteiger partial charge in [-0.05, 0) is 49.3 Å². The van der Waals surface area contributed by atoms with Crippen molar-refractivity contribution in [2.24, 2.45) is 0 Å². The maximum Gasteiger partial charge on any atom is 0.233 e. The van der Waals surface area contributed by atoms with Crippen LogP contribution in [-0.4, -0.2) is 27.3 Å². The van der Waals surface area contributed by atoms with Gasteiger partial charge in [0.1, 0.15) is 0 Å². The van der Waals surface area contributed by atoms with Gasteiger partial charge in [-0.2, -0.15) is 9.78 Å². The van der Waals surface area contributed by atoms with Crippen molar-refractivity contribution in [1.82, 2.24) is 0 Å². The SMILES string of the molecule is CC(C)c1ccc(OO)cc1.OOC1(OOC2(OO)CCCCC2)CCCCC1. The fraction of sp³-hybridized carbons (Fsp3) is 0.714. The Morgan fingerprint density at radius 3 is 1.41 bits per heavy atom. The molecule has 0 aromatic heterocycles. The van der Waals surface area contributed by atoms with Gasteiger partial charge in [0, 0.05) is 25.7 Å². The third-order valence-electron chi connectivity index (χ3n) is 5.56. The second kappa shape index (κ2) is 11.8. The first-order valence-electron chi connectivity index (χ1n) is 10.4. The summed E-state index contributed by atoms with van der Waals surface area (Å²) in [4.78, 5) is 23.6. The Balaban J connectivity index is 0.000000234. The van der Waals surface area contributed by atoms with E-state index < -0.39 is 11.6 Å². The lowest BCUT2D eigenvalue weighted by Gasteiger charge is -2.37. The highest BCUT2D eigenvalue weighted by Gasteiger charge is 2.42. The summed E-state index contributed by atoms with van der Waals surface area (Å²) in [6, 6.07) is 7.37. The van der Waals surface area contributed by atoms with Crippen LogP contribution in [0.15, 0.2) is 24.3 Å². The van der Waals surface area contributed by atoms with E-state index in [-0.39, 0.29) is 0 Å². The monoisotopic (exact) mass is 414 g/mol. The lowest BCUT2D eigenvalue weighted by atomic mass is 9.94. The van der Waals surface area contributed by atoms with E-state index in [0.29, 0.717) is 37.4 Å². The number of hydrogen-bond acceptors (Lipinski definition) is 8. The molecule has 1 aromatic rings. The summed E-state index contributed by atoms with van der Waals surface area (Å²) in [7, 11) is 0. The molecule has 8 nitrogen and oxygen atoms in total. The molecule has 0 aliphatic heterocycles. The number of benzene rings is 1. The second-order valence-electron chi connectivity index (χ2n) is 8.11. The molecule has 1 aromatic carbocycles. The third-order valence-corrected chi connectivity index (χ3v) is 5.56. The minimum absolute atomic E-state index is 0.481. The molecule has 0 atom stereocenters. The Bertz CT molecular complexity index is 537. The lowest BCUT2D eigenvalue weighted by Crippen LogP contribution is -2.44. The summed E-state index contributed by atoms with van der Waals surface area (Å²) in [6.07, 6.45) is 8.14. The van der Waals surface area contributed by atoms with Gasteiger partial charge in [0.25, 0.3) is 0 Å². The van der Waals surface area contributed by atoms with Gasteiger partial charge in [-0.3, -0.25) is 0 Å². The molecule has 0 unspecified atom stereocenters. The van der Waals surface area contributed by atoms with Gasteiger partial charge >= 0.3 is 0 Å². The molecule has 0 spiro atoms. The molecular formula is C21H34O8. The number of rotatable bonds is 7. The van der Waals surface area contributed by atoms with Crippen molar-refractivity contribution in [2.45, 2.75) is 95.5 Å². The fourth-order valence-electron chi connectivity index (χ4n) is 3.63. The van der Waals surface area contributed by atoms with E-state index in [9.17, 15) is 0 Å². The molecule has 166 valence electrons. The molecule has 8 heteroatoms. The Hall–Kier alpha value is -1.26. The molecule has 0 amide bonds. The van der Waals surface area contributed by atoms with E-state index in [1.165, 1.54) is 5.56 Å². The Morgan fingerprint density at radius 1 is 0.690 bits per heavy atom. The molecule has 2 aliphatic carbocycles. The van der Waals surface area contributed by atoms with Crippen LogP contribution >= 0.6 is 0 Å². The first-order chi connectivity index (χ1) is 14.0. The first kappa shape index (κ1) is 24.0. The third kappa shape index (κ3) is 7.18. The molecule has 2 saturated carbocycles. The summed E-state index contributed by atoms with van der Waals surface area (Å²) in [5.41, 5.74) is 1.24. The van der Waals surface area contributed by atoms with Crippen LogP contribution in [-0.2, 0) is 19.6 Å². The van der Waals surface area contributed by atoms with Crippen LogP contribution in [0.2, 0.25) is 0 Å². The van der Waals surface area contributed by atoms with Crippen LogP contribution in [0.25, 0.3) is 0 Å². The zero-order valence-electron chi connectivity index (χ0n) is 17.3. The van der Waals surface area contributed by atoms with Crippen molar-refractivity contribution < 1.29 is 40.2 Å². The molecule has 0 saturated heterocycles. The van der Waals surface area contributed by atoms with Gasteiger partial charge in [0.2, 0.25) is 11.6 Å². The maximum absolute atomic E-state index is 9.02. The second-order valence-corrected chi connectivity index (χ2v) is 8.11. The van der Waals surface area contributed by atoms with Crippen molar-refractivity contribution in [1.29, 1.82) is 0 Å². The van der Waals surface area contributed by atoms with Gasteiger partial charge in [0.05, 0.1) is 0 Å². The zero-order valence-corrected chi connectivity index (χ0v) is 17.3.